The maximum atomic E-state index is 12.8. The Morgan fingerprint density at radius 1 is 1.48 bits per heavy atom. The van der Waals surface area contributed by atoms with Crippen LogP contribution in [0.1, 0.15) is 52.8 Å². The lowest BCUT2D eigenvalue weighted by atomic mass is 9.82. The number of aromatic nitrogens is 1. The van der Waals surface area contributed by atoms with Crippen LogP contribution in [-0.2, 0) is 22.5 Å². The summed E-state index contributed by atoms with van der Waals surface area (Å²) in [5.41, 5.74) is 4.79. The summed E-state index contributed by atoms with van der Waals surface area (Å²) in [7, 11) is 0. The van der Waals surface area contributed by atoms with Gasteiger partial charge in [-0.15, -0.1) is 4.72 Å². The van der Waals surface area contributed by atoms with E-state index in [0.29, 0.717) is 11.4 Å². The zero-order valence-corrected chi connectivity index (χ0v) is 17.2. The highest BCUT2D eigenvalue weighted by Gasteiger charge is 2.50. The number of nitrogens with two attached hydrogens (primary N) is 1. The normalized spacial score (nSPS) is 24.0. The fraction of sp³-hybridized carbons (Fsp3) is 0.706. The van der Waals surface area contributed by atoms with Crippen molar-refractivity contribution >= 4 is 23.0 Å². The number of pyridine rings is 1. The van der Waals surface area contributed by atoms with E-state index < -0.39 is 27.2 Å². The molecule has 0 fully saturated rings. The van der Waals surface area contributed by atoms with Crippen LogP contribution >= 0.6 is 11.6 Å². The lowest BCUT2D eigenvalue weighted by molar-refractivity contribution is 0.0620. The predicted molar refractivity (Wildman–Crippen MR) is 101 cm³/mol. The quantitative estimate of drug-likeness (QED) is 0.526. The third-order valence-corrected chi connectivity index (χ3v) is 6.54. The summed E-state index contributed by atoms with van der Waals surface area (Å²) in [5.74, 6) is 0.527. The largest absolute Gasteiger partial charge is 0.598 e. The van der Waals surface area contributed by atoms with Gasteiger partial charge in [0.05, 0.1) is 5.69 Å². The Balaban J connectivity index is 2.59. The van der Waals surface area contributed by atoms with Crippen molar-refractivity contribution in [2.24, 2.45) is 11.7 Å². The average Bonchev–Trinajstić information content (AvgIpc) is 2.87. The molecule has 0 saturated carbocycles. The summed E-state index contributed by atoms with van der Waals surface area (Å²) in [6.45, 7) is 11.7. The molecule has 3 unspecified atom stereocenters. The highest BCUT2D eigenvalue weighted by atomic mass is 35.5. The first kappa shape index (κ1) is 20.7. The molecule has 2 heterocycles. The van der Waals surface area contributed by atoms with Crippen LogP contribution in [0, 0.1) is 5.92 Å². The lowest BCUT2D eigenvalue weighted by Gasteiger charge is -2.37. The van der Waals surface area contributed by atoms with Crippen LogP contribution in [0.25, 0.3) is 0 Å². The number of nitrogens with one attached hydrogen (secondary N) is 1. The van der Waals surface area contributed by atoms with Crippen LogP contribution in [0.5, 0.6) is 5.75 Å². The van der Waals surface area contributed by atoms with Gasteiger partial charge < -0.3 is 20.1 Å². The van der Waals surface area contributed by atoms with E-state index in [-0.39, 0.29) is 24.2 Å². The summed E-state index contributed by atoms with van der Waals surface area (Å²) < 4.78 is 21.4. The van der Waals surface area contributed by atoms with E-state index in [1.165, 1.54) is 0 Å². The van der Waals surface area contributed by atoms with Gasteiger partial charge in [0.25, 0.3) is 0 Å². The predicted octanol–water partition coefficient (Wildman–Crippen LogP) is 2.20. The molecule has 1 aromatic rings. The molecule has 0 amide bonds. The molecule has 3 atom stereocenters. The minimum absolute atomic E-state index is 0.00595. The van der Waals surface area contributed by atoms with Gasteiger partial charge in [0.15, 0.2) is 10.9 Å². The van der Waals surface area contributed by atoms with Gasteiger partial charge in [-0.05, 0) is 39.7 Å². The van der Waals surface area contributed by atoms with Crippen LogP contribution in [0.15, 0.2) is 6.07 Å². The van der Waals surface area contributed by atoms with Crippen molar-refractivity contribution in [3.8, 4) is 5.75 Å². The molecule has 0 radical (unpaired) electrons. The van der Waals surface area contributed by atoms with Crippen LogP contribution < -0.4 is 15.2 Å². The van der Waals surface area contributed by atoms with Crippen LogP contribution in [0.4, 0.5) is 0 Å². The van der Waals surface area contributed by atoms with E-state index in [0.717, 1.165) is 5.56 Å². The van der Waals surface area contributed by atoms with Gasteiger partial charge >= 0.3 is 0 Å². The summed E-state index contributed by atoms with van der Waals surface area (Å²) in [6, 6.07) is 1.76. The minimum Gasteiger partial charge on any atom is -0.598 e. The molecule has 0 aliphatic carbocycles. The van der Waals surface area contributed by atoms with Crippen molar-refractivity contribution in [1.29, 1.82) is 0 Å². The molecule has 6 nitrogen and oxygen atoms in total. The van der Waals surface area contributed by atoms with Gasteiger partial charge in [-0.25, -0.2) is 4.98 Å². The molecular formula is C17H28ClN3O3S. The third kappa shape index (κ3) is 3.77. The van der Waals surface area contributed by atoms with E-state index >= 15 is 0 Å². The number of hydrogen-bond donors (Lipinski definition) is 3. The molecular weight excluding hydrogens is 362 g/mol. The molecule has 1 aliphatic heterocycles. The molecule has 1 aliphatic rings. The van der Waals surface area contributed by atoms with Gasteiger partial charge in [-0.1, -0.05) is 25.4 Å². The second-order valence-electron chi connectivity index (χ2n) is 8.05. The van der Waals surface area contributed by atoms with Gasteiger partial charge in [0.1, 0.15) is 22.5 Å². The third-order valence-electron chi connectivity index (χ3n) is 4.62. The van der Waals surface area contributed by atoms with Crippen LogP contribution in [-0.4, -0.2) is 32.5 Å². The Labute approximate surface area is 157 Å². The smallest absolute Gasteiger partial charge is 0.171 e. The van der Waals surface area contributed by atoms with Gasteiger partial charge in [-0.3, -0.25) is 0 Å². The molecule has 0 spiro atoms. The van der Waals surface area contributed by atoms with Crippen LogP contribution in [0.3, 0.4) is 0 Å². The first-order chi connectivity index (χ1) is 11.3. The average molecular weight is 390 g/mol. The summed E-state index contributed by atoms with van der Waals surface area (Å²) in [4.78, 5) is 4.25. The lowest BCUT2D eigenvalue weighted by Crippen LogP contribution is -2.55. The molecule has 25 heavy (non-hydrogen) atoms. The molecule has 2 rings (SSSR count). The van der Waals surface area contributed by atoms with Gasteiger partial charge in [-0.2, -0.15) is 0 Å². The van der Waals surface area contributed by atoms with E-state index in [1.54, 1.807) is 13.0 Å². The Bertz CT molecular complexity index is 649. The standard InChI is InChI=1S/C17H28ClN3O3S/c1-10(2)17(21-25(23)15(3,4)5)9-24-13-11(17)7-12(20-14(13)18)16(6,22)8-19/h7,10,21-22H,8-9,19H2,1-6H3. The SMILES string of the molecule is CC(C)C1(N[S+]([O-])C(C)(C)C)COc2c1cc(C(C)(O)CN)nc2Cl. The fourth-order valence-electron chi connectivity index (χ4n) is 2.61. The first-order valence-electron chi connectivity index (χ1n) is 8.31. The van der Waals surface area contributed by atoms with Crippen molar-refractivity contribution in [1.82, 2.24) is 9.71 Å². The molecule has 8 heteroatoms. The second kappa shape index (κ2) is 6.87. The van der Waals surface area contributed by atoms with E-state index in [9.17, 15) is 9.66 Å². The molecule has 0 bridgehead atoms. The number of halogens is 1. The monoisotopic (exact) mass is 389 g/mol. The topological polar surface area (TPSA) is 103 Å². The summed E-state index contributed by atoms with van der Waals surface area (Å²) in [5, 5.41) is 10.7. The minimum atomic E-state index is -1.31. The molecule has 4 N–H and O–H groups in total. The number of rotatable bonds is 5. The Kier molecular flexibility index (Phi) is 5.70. The van der Waals surface area contributed by atoms with E-state index in [1.807, 2.05) is 34.6 Å². The summed E-state index contributed by atoms with van der Waals surface area (Å²) >= 11 is 4.99. The Morgan fingerprint density at radius 2 is 2.08 bits per heavy atom. The highest BCUT2D eigenvalue weighted by molar-refractivity contribution is 7.90. The number of aliphatic hydroxyl groups is 1. The van der Waals surface area contributed by atoms with Gasteiger partial charge in [0, 0.05) is 23.5 Å². The maximum absolute atomic E-state index is 12.8. The van der Waals surface area contributed by atoms with Crippen molar-refractivity contribution in [2.45, 2.75) is 57.4 Å². The number of hydrogen-bond acceptors (Lipinski definition) is 6. The zero-order valence-electron chi connectivity index (χ0n) is 15.6. The summed E-state index contributed by atoms with van der Waals surface area (Å²) in [6.07, 6.45) is 0. The van der Waals surface area contributed by atoms with Gasteiger partial charge in [0.2, 0.25) is 0 Å². The van der Waals surface area contributed by atoms with Crippen LogP contribution in [0.2, 0.25) is 5.15 Å². The van der Waals surface area contributed by atoms with Crippen molar-refractivity contribution in [3.05, 3.63) is 22.5 Å². The maximum Gasteiger partial charge on any atom is 0.171 e. The van der Waals surface area contributed by atoms with Crippen molar-refractivity contribution < 1.29 is 14.4 Å². The molecule has 0 aromatic carbocycles. The fourth-order valence-corrected chi connectivity index (χ4v) is 3.90. The number of fused-ring (bicyclic) bond motifs is 1. The number of ether oxygens (including phenoxy) is 1. The highest BCUT2D eigenvalue weighted by Crippen LogP contribution is 2.46. The molecule has 142 valence electrons. The van der Waals surface area contributed by atoms with E-state index in [4.69, 9.17) is 22.1 Å². The Hall–Kier alpha value is -0.570. The van der Waals surface area contributed by atoms with Crippen molar-refractivity contribution in [3.63, 3.8) is 0 Å². The second-order valence-corrected chi connectivity index (χ2v) is 10.4. The first-order valence-corrected chi connectivity index (χ1v) is 9.84. The zero-order chi connectivity index (χ0) is 19.2. The molecule has 0 saturated heterocycles. The van der Waals surface area contributed by atoms with E-state index in [2.05, 4.69) is 9.71 Å². The number of nitrogens with zero attached hydrogens (tertiary/aromatic N) is 1. The molecule has 1 aromatic heterocycles. The van der Waals surface area contributed by atoms with Crippen molar-refractivity contribution in [2.75, 3.05) is 13.2 Å². The Morgan fingerprint density at radius 3 is 2.56 bits per heavy atom.